The van der Waals surface area contributed by atoms with Crippen molar-refractivity contribution >= 4 is 34.6 Å². The van der Waals surface area contributed by atoms with Crippen molar-refractivity contribution in [2.75, 3.05) is 4.90 Å². The van der Waals surface area contributed by atoms with Gasteiger partial charge in [-0.3, -0.25) is 4.98 Å². The Hall–Kier alpha value is -3.35. The van der Waals surface area contributed by atoms with Gasteiger partial charge < -0.3 is 19.9 Å². The molecule has 166 valence electrons. The van der Waals surface area contributed by atoms with E-state index >= 15 is 0 Å². The first kappa shape index (κ1) is 21.5. The van der Waals surface area contributed by atoms with Crippen molar-refractivity contribution in [1.82, 2.24) is 14.9 Å². The maximum Gasteiger partial charge on any atom is 0.174 e. The normalized spacial score (nSPS) is 17.9. The third-order valence-electron chi connectivity index (χ3n) is 6.11. The van der Waals surface area contributed by atoms with E-state index in [2.05, 4.69) is 34.8 Å². The standard InChI is InChI=1S/C26H23ClN4OS/c1-16-15-20(17(2)30(16)19-12-10-18(27)11-13-19)25-24(21-7-5-6-14-28-21)29-26(33)31(25)22-8-3-4-9-23(22)32/h3-15,24-25,32H,1-2H3,(H,29,33)/t24-,25+/m0/s1. The molecule has 0 bridgehead atoms. The monoisotopic (exact) mass is 474 g/mol. The largest absolute Gasteiger partial charge is 0.506 e. The lowest BCUT2D eigenvalue weighted by Gasteiger charge is -2.28. The lowest BCUT2D eigenvalue weighted by Crippen LogP contribution is -2.29. The van der Waals surface area contributed by atoms with E-state index in [1.165, 1.54) is 0 Å². The Balaban J connectivity index is 1.69. The van der Waals surface area contributed by atoms with Crippen molar-refractivity contribution in [2.45, 2.75) is 25.9 Å². The highest BCUT2D eigenvalue weighted by Gasteiger charge is 2.43. The number of hydrogen-bond donors (Lipinski definition) is 2. The second kappa shape index (κ2) is 8.54. The highest BCUT2D eigenvalue weighted by Crippen LogP contribution is 2.45. The van der Waals surface area contributed by atoms with Crippen LogP contribution in [-0.2, 0) is 0 Å². The van der Waals surface area contributed by atoms with E-state index in [0.29, 0.717) is 15.8 Å². The third kappa shape index (κ3) is 3.75. The predicted octanol–water partition coefficient (Wildman–Crippen LogP) is 6.03. The second-order valence-electron chi connectivity index (χ2n) is 8.12. The Bertz CT molecular complexity index is 1320. The van der Waals surface area contributed by atoms with Crippen LogP contribution in [0, 0.1) is 13.8 Å². The van der Waals surface area contributed by atoms with Gasteiger partial charge in [-0.2, -0.15) is 0 Å². The molecule has 0 amide bonds. The zero-order chi connectivity index (χ0) is 23.1. The van der Waals surface area contributed by atoms with E-state index in [1.807, 2.05) is 65.6 Å². The fraction of sp³-hybridized carbons (Fsp3) is 0.154. The number of aryl methyl sites for hydroxylation is 1. The quantitative estimate of drug-likeness (QED) is 0.354. The van der Waals surface area contributed by atoms with Gasteiger partial charge in [-0.05, 0) is 86.2 Å². The molecule has 2 aromatic carbocycles. The van der Waals surface area contributed by atoms with E-state index < -0.39 is 0 Å². The van der Waals surface area contributed by atoms with Crippen LogP contribution in [0.5, 0.6) is 5.75 Å². The van der Waals surface area contributed by atoms with Crippen LogP contribution in [0.3, 0.4) is 0 Å². The Morgan fingerprint density at radius 2 is 1.73 bits per heavy atom. The third-order valence-corrected chi connectivity index (χ3v) is 6.68. The number of thiocarbonyl (C=S) groups is 1. The number of anilines is 1. The van der Waals surface area contributed by atoms with Gasteiger partial charge in [-0.25, -0.2) is 0 Å². The minimum atomic E-state index is -0.201. The van der Waals surface area contributed by atoms with Crippen molar-refractivity contribution in [3.05, 3.63) is 107 Å². The van der Waals surface area contributed by atoms with E-state index in [0.717, 1.165) is 28.3 Å². The molecule has 5 nitrogen and oxygen atoms in total. The number of phenolic OH excluding ortho intramolecular Hbond substituents is 1. The lowest BCUT2D eigenvalue weighted by atomic mass is 9.96. The van der Waals surface area contributed by atoms with Crippen molar-refractivity contribution in [3.8, 4) is 11.4 Å². The number of halogens is 1. The van der Waals surface area contributed by atoms with E-state index in [1.54, 1.807) is 12.3 Å². The van der Waals surface area contributed by atoms with Gasteiger partial charge in [0.05, 0.1) is 23.5 Å². The van der Waals surface area contributed by atoms with E-state index in [9.17, 15) is 5.11 Å². The van der Waals surface area contributed by atoms with Crippen molar-refractivity contribution < 1.29 is 5.11 Å². The van der Waals surface area contributed by atoms with Crippen LogP contribution in [0.1, 0.15) is 34.7 Å². The van der Waals surface area contributed by atoms with Crippen LogP contribution in [-0.4, -0.2) is 19.8 Å². The maximum atomic E-state index is 10.7. The molecule has 0 spiro atoms. The molecule has 1 fully saturated rings. The number of hydrogen-bond acceptors (Lipinski definition) is 3. The zero-order valence-corrected chi connectivity index (χ0v) is 19.8. The summed E-state index contributed by atoms with van der Waals surface area (Å²) in [7, 11) is 0. The van der Waals surface area contributed by atoms with Crippen LogP contribution < -0.4 is 10.2 Å². The van der Waals surface area contributed by atoms with Gasteiger partial charge in [0.1, 0.15) is 5.75 Å². The molecule has 0 radical (unpaired) electrons. The summed E-state index contributed by atoms with van der Waals surface area (Å²) in [5.41, 5.74) is 5.88. The highest BCUT2D eigenvalue weighted by atomic mass is 35.5. The van der Waals surface area contributed by atoms with Gasteiger partial charge in [0.25, 0.3) is 0 Å². The van der Waals surface area contributed by atoms with Crippen molar-refractivity contribution in [1.29, 1.82) is 0 Å². The van der Waals surface area contributed by atoms with E-state index in [-0.39, 0.29) is 17.8 Å². The van der Waals surface area contributed by atoms with Crippen molar-refractivity contribution in [2.24, 2.45) is 0 Å². The van der Waals surface area contributed by atoms with Gasteiger partial charge >= 0.3 is 0 Å². The van der Waals surface area contributed by atoms with Crippen LogP contribution in [0.15, 0.2) is 79.0 Å². The second-order valence-corrected chi connectivity index (χ2v) is 8.95. The first-order chi connectivity index (χ1) is 16.0. The smallest absolute Gasteiger partial charge is 0.174 e. The van der Waals surface area contributed by atoms with Crippen molar-refractivity contribution in [3.63, 3.8) is 0 Å². The highest BCUT2D eigenvalue weighted by molar-refractivity contribution is 7.80. The number of nitrogens with one attached hydrogen (secondary N) is 1. The van der Waals surface area contributed by atoms with E-state index in [4.69, 9.17) is 23.8 Å². The molecular formula is C26H23ClN4OS. The number of phenols is 1. The molecule has 4 aromatic rings. The number of aromatic hydroxyl groups is 1. The molecule has 2 atom stereocenters. The summed E-state index contributed by atoms with van der Waals surface area (Å²) >= 11 is 11.9. The minimum absolute atomic E-state index is 0.180. The summed E-state index contributed by atoms with van der Waals surface area (Å²) < 4.78 is 2.21. The number of para-hydroxylation sites is 2. The molecule has 3 heterocycles. The summed E-state index contributed by atoms with van der Waals surface area (Å²) in [4.78, 5) is 6.61. The molecule has 33 heavy (non-hydrogen) atoms. The summed E-state index contributed by atoms with van der Waals surface area (Å²) in [5, 5.41) is 15.4. The SMILES string of the molecule is Cc1cc([C@@H]2[C@H](c3ccccn3)NC(=S)N2c2ccccc2O)c(C)n1-c1ccc(Cl)cc1. The molecule has 2 N–H and O–H groups in total. The predicted molar refractivity (Wildman–Crippen MR) is 136 cm³/mol. The summed E-state index contributed by atoms with van der Waals surface area (Å²) in [6.07, 6.45) is 1.79. The van der Waals surface area contributed by atoms with Crippen LogP contribution in [0.4, 0.5) is 5.69 Å². The first-order valence-electron chi connectivity index (χ1n) is 10.7. The van der Waals surface area contributed by atoms with Crippen LogP contribution in [0.25, 0.3) is 5.69 Å². The molecule has 0 aliphatic carbocycles. The van der Waals surface area contributed by atoms with Gasteiger partial charge in [-0.15, -0.1) is 0 Å². The molecule has 2 aromatic heterocycles. The number of nitrogens with zero attached hydrogens (tertiary/aromatic N) is 3. The summed E-state index contributed by atoms with van der Waals surface area (Å²) in [6.45, 7) is 4.20. The zero-order valence-electron chi connectivity index (χ0n) is 18.2. The Kier molecular flexibility index (Phi) is 5.56. The summed E-state index contributed by atoms with van der Waals surface area (Å²) in [5.74, 6) is 0.180. The molecule has 1 aliphatic heterocycles. The topological polar surface area (TPSA) is 53.3 Å². The fourth-order valence-corrected chi connectivity index (χ4v) is 5.14. The molecule has 0 saturated carbocycles. The van der Waals surface area contributed by atoms with Gasteiger partial charge in [0.2, 0.25) is 0 Å². The minimum Gasteiger partial charge on any atom is -0.506 e. The first-order valence-corrected chi connectivity index (χ1v) is 11.5. The molecule has 1 saturated heterocycles. The molecule has 7 heteroatoms. The molecular weight excluding hydrogens is 452 g/mol. The van der Waals surface area contributed by atoms with Crippen LogP contribution in [0.2, 0.25) is 5.02 Å². The average molecular weight is 475 g/mol. The van der Waals surface area contributed by atoms with Crippen LogP contribution >= 0.6 is 23.8 Å². The lowest BCUT2D eigenvalue weighted by molar-refractivity contribution is 0.472. The summed E-state index contributed by atoms with van der Waals surface area (Å²) in [6, 6.07) is 22.8. The molecule has 5 rings (SSSR count). The molecule has 1 aliphatic rings. The number of pyridine rings is 1. The number of rotatable bonds is 4. The van der Waals surface area contributed by atoms with Gasteiger partial charge in [0.15, 0.2) is 5.11 Å². The molecule has 0 unspecified atom stereocenters. The fourth-order valence-electron chi connectivity index (χ4n) is 4.67. The number of benzene rings is 2. The Morgan fingerprint density at radius 3 is 2.42 bits per heavy atom. The Morgan fingerprint density at radius 1 is 1.00 bits per heavy atom. The maximum absolute atomic E-state index is 10.7. The Labute approximate surface area is 203 Å². The van der Waals surface area contributed by atoms with Gasteiger partial charge in [0, 0.05) is 28.3 Å². The average Bonchev–Trinajstić information content (AvgIpc) is 3.31. The number of aromatic nitrogens is 2. The van der Waals surface area contributed by atoms with Gasteiger partial charge in [-0.1, -0.05) is 29.8 Å².